The second kappa shape index (κ2) is 6.25. The number of ether oxygens (including phenoxy) is 1. The molecule has 0 aliphatic heterocycles. The maximum absolute atomic E-state index is 12.1. The van der Waals surface area contributed by atoms with Crippen molar-refractivity contribution in [1.82, 2.24) is 0 Å². The Balaban J connectivity index is 1.96. The Kier molecular flexibility index (Phi) is 4.84. The van der Waals surface area contributed by atoms with Gasteiger partial charge in [0.2, 0.25) is 0 Å². The lowest BCUT2D eigenvalue weighted by Crippen LogP contribution is -2.25. The topological polar surface area (TPSA) is 9.23 Å². The molecular formula is C15H18ClF3O. The fraction of sp³-hybridized carbons (Fsp3) is 0.600. The van der Waals surface area contributed by atoms with Crippen LogP contribution in [0.4, 0.5) is 13.2 Å². The predicted octanol–water partition coefficient (Wildman–Crippen LogP) is 5.17. The Labute approximate surface area is 122 Å². The summed E-state index contributed by atoms with van der Waals surface area (Å²) in [6, 6.07) is 6.09. The van der Waals surface area contributed by atoms with Crippen LogP contribution >= 0.6 is 11.6 Å². The van der Waals surface area contributed by atoms with E-state index >= 15 is 0 Å². The van der Waals surface area contributed by atoms with Crippen LogP contribution in [-0.4, -0.2) is 11.7 Å². The number of benzene rings is 1. The van der Waals surface area contributed by atoms with E-state index in [1.165, 1.54) is 12.1 Å². The summed E-state index contributed by atoms with van der Waals surface area (Å²) < 4.78 is 40.1. The molecule has 1 aromatic carbocycles. The lowest BCUT2D eigenvalue weighted by atomic mass is 9.79. The van der Waals surface area contributed by atoms with Crippen LogP contribution in [0.25, 0.3) is 0 Å². The summed E-state index contributed by atoms with van der Waals surface area (Å²) in [7, 11) is 0. The maximum atomic E-state index is 12.1. The largest absolute Gasteiger partial charge is 0.573 e. The van der Waals surface area contributed by atoms with Crippen LogP contribution < -0.4 is 4.74 Å². The van der Waals surface area contributed by atoms with E-state index in [4.69, 9.17) is 11.6 Å². The van der Waals surface area contributed by atoms with E-state index in [0.717, 1.165) is 31.2 Å². The molecule has 0 saturated heterocycles. The third-order valence-corrected chi connectivity index (χ3v) is 4.38. The van der Waals surface area contributed by atoms with Crippen molar-refractivity contribution in [3.05, 3.63) is 29.8 Å². The third-order valence-electron chi connectivity index (χ3n) is 3.81. The second-order valence-electron chi connectivity index (χ2n) is 5.59. The Hall–Kier alpha value is -0.900. The van der Waals surface area contributed by atoms with Gasteiger partial charge in [-0.3, -0.25) is 0 Å². The summed E-state index contributed by atoms with van der Waals surface area (Å²) >= 11 is 6.34. The molecule has 1 nitrogen and oxygen atoms in total. The van der Waals surface area contributed by atoms with Gasteiger partial charge in [-0.1, -0.05) is 19.1 Å². The molecule has 1 aliphatic carbocycles. The van der Waals surface area contributed by atoms with Crippen LogP contribution in [0.2, 0.25) is 0 Å². The monoisotopic (exact) mass is 306 g/mol. The van der Waals surface area contributed by atoms with Crippen LogP contribution in [-0.2, 0) is 6.42 Å². The fourth-order valence-electron chi connectivity index (χ4n) is 2.80. The molecule has 3 atom stereocenters. The molecule has 1 saturated carbocycles. The highest BCUT2D eigenvalue weighted by atomic mass is 35.5. The van der Waals surface area contributed by atoms with Gasteiger partial charge < -0.3 is 4.74 Å². The van der Waals surface area contributed by atoms with Crippen LogP contribution in [0, 0.1) is 11.8 Å². The van der Waals surface area contributed by atoms with Crippen molar-refractivity contribution in [2.24, 2.45) is 11.8 Å². The summed E-state index contributed by atoms with van der Waals surface area (Å²) in [5.74, 6) is 0.887. The van der Waals surface area contributed by atoms with E-state index in [1.807, 2.05) is 0 Å². The van der Waals surface area contributed by atoms with Crippen molar-refractivity contribution >= 4 is 11.6 Å². The molecule has 0 aromatic heterocycles. The molecule has 0 N–H and O–H groups in total. The highest BCUT2D eigenvalue weighted by molar-refractivity contribution is 6.20. The van der Waals surface area contributed by atoms with Gasteiger partial charge in [0, 0.05) is 5.38 Å². The van der Waals surface area contributed by atoms with Gasteiger partial charge in [-0.15, -0.1) is 24.8 Å². The second-order valence-corrected chi connectivity index (χ2v) is 6.15. The number of halogens is 4. The number of hydrogen-bond acceptors (Lipinski definition) is 1. The van der Waals surface area contributed by atoms with Crippen molar-refractivity contribution in [2.75, 3.05) is 0 Å². The third kappa shape index (κ3) is 4.58. The number of rotatable bonds is 3. The normalized spacial score (nSPS) is 27.4. The van der Waals surface area contributed by atoms with Gasteiger partial charge in [-0.05, 0) is 55.2 Å². The molecule has 3 unspecified atom stereocenters. The molecular weight excluding hydrogens is 289 g/mol. The average Bonchev–Trinajstić information content (AvgIpc) is 2.34. The van der Waals surface area contributed by atoms with E-state index in [1.54, 1.807) is 12.1 Å². The molecule has 5 heteroatoms. The van der Waals surface area contributed by atoms with E-state index in [2.05, 4.69) is 11.7 Å². The highest BCUT2D eigenvalue weighted by Crippen LogP contribution is 2.35. The first kappa shape index (κ1) is 15.5. The SMILES string of the molecule is CC1CCC(Cl)C(Cc2ccc(OC(F)(F)F)cc2)C1. The molecule has 0 radical (unpaired) electrons. The van der Waals surface area contributed by atoms with Gasteiger partial charge in [0.1, 0.15) is 5.75 Å². The van der Waals surface area contributed by atoms with Crippen molar-refractivity contribution < 1.29 is 17.9 Å². The minimum absolute atomic E-state index is 0.164. The van der Waals surface area contributed by atoms with Crippen molar-refractivity contribution in [3.63, 3.8) is 0 Å². The quantitative estimate of drug-likeness (QED) is 0.700. The zero-order chi connectivity index (χ0) is 14.8. The first-order valence-corrected chi connectivity index (χ1v) is 7.26. The number of hydrogen-bond donors (Lipinski definition) is 0. The fourth-order valence-corrected chi connectivity index (χ4v) is 3.12. The van der Waals surface area contributed by atoms with E-state index in [-0.39, 0.29) is 11.1 Å². The Bertz CT molecular complexity index is 430. The molecule has 1 aliphatic rings. The van der Waals surface area contributed by atoms with Crippen molar-refractivity contribution in [3.8, 4) is 5.75 Å². The van der Waals surface area contributed by atoms with Gasteiger partial charge in [0.25, 0.3) is 0 Å². The summed E-state index contributed by atoms with van der Waals surface area (Å²) in [6.07, 6.45) is -0.576. The van der Waals surface area contributed by atoms with Crippen LogP contribution in [0.5, 0.6) is 5.75 Å². The van der Waals surface area contributed by atoms with Crippen molar-refractivity contribution in [2.45, 2.75) is 44.3 Å². The Morgan fingerprint density at radius 2 is 1.85 bits per heavy atom. The molecule has 20 heavy (non-hydrogen) atoms. The lowest BCUT2D eigenvalue weighted by Gasteiger charge is -2.31. The first-order valence-electron chi connectivity index (χ1n) is 6.82. The van der Waals surface area contributed by atoms with Gasteiger partial charge in [0.05, 0.1) is 0 Å². The molecule has 1 fully saturated rings. The van der Waals surface area contributed by atoms with Crippen LogP contribution in [0.3, 0.4) is 0 Å². The highest BCUT2D eigenvalue weighted by Gasteiger charge is 2.31. The maximum Gasteiger partial charge on any atom is 0.573 e. The smallest absolute Gasteiger partial charge is 0.406 e. The van der Waals surface area contributed by atoms with Crippen LogP contribution in [0.1, 0.15) is 31.7 Å². The minimum Gasteiger partial charge on any atom is -0.406 e. The molecule has 0 bridgehead atoms. The van der Waals surface area contributed by atoms with E-state index in [0.29, 0.717) is 11.8 Å². The average molecular weight is 307 g/mol. The molecule has 0 heterocycles. The summed E-state index contributed by atoms with van der Waals surface area (Å²) in [4.78, 5) is 0. The summed E-state index contributed by atoms with van der Waals surface area (Å²) in [5, 5.41) is 0.164. The summed E-state index contributed by atoms with van der Waals surface area (Å²) in [5.41, 5.74) is 1.00. The van der Waals surface area contributed by atoms with Gasteiger partial charge >= 0.3 is 6.36 Å². The minimum atomic E-state index is -4.64. The van der Waals surface area contributed by atoms with Crippen molar-refractivity contribution in [1.29, 1.82) is 0 Å². The Morgan fingerprint density at radius 1 is 1.20 bits per heavy atom. The zero-order valence-electron chi connectivity index (χ0n) is 11.3. The number of alkyl halides is 4. The van der Waals surface area contributed by atoms with Gasteiger partial charge in [0.15, 0.2) is 0 Å². The lowest BCUT2D eigenvalue weighted by molar-refractivity contribution is -0.274. The Morgan fingerprint density at radius 3 is 2.45 bits per heavy atom. The first-order chi connectivity index (χ1) is 9.33. The molecule has 0 amide bonds. The summed E-state index contributed by atoms with van der Waals surface area (Å²) in [6.45, 7) is 2.22. The molecule has 112 valence electrons. The van der Waals surface area contributed by atoms with E-state index in [9.17, 15) is 13.2 Å². The van der Waals surface area contributed by atoms with Gasteiger partial charge in [-0.25, -0.2) is 0 Å². The molecule has 2 rings (SSSR count). The standard InChI is InChI=1S/C15H18ClF3O/c1-10-2-7-14(16)12(8-10)9-11-3-5-13(6-4-11)20-15(17,18)19/h3-6,10,12,14H,2,7-9H2,1H3. The molecule has 0 spiro atoms. The predicted molar refractivity (Wildman–Crippen MR) is 73.0 cm³/mol. The van der Waals surface area contributed by atoms with Crippen LogP contribution in [0.15, 0.2) is 24.3 Å². The zero-order valence-corrected chi connectivity index (χ0v) is 12.0. The molecule has 1 aromatic rings. The van der Waals surface area contributed by atoms with E-state index < -0.39 is 6.36 Å². The van der Waals surface area contributed by atoms with Gasteiger partial charge in [-0.2, -0.15) is 0 Å².